The van der Waals surface area contributed by atoms with Gasteiger partial charge in [0.1, 0.15) is 17.3 Å². The summed E-state index contributed by atoms with van der Waals surface area (Å²) in [5.41, 5.74) is 4.48. The molecular weight excluding hydrogens is 336 g/mol. The molecule has 0 atom stereocenters. The fourth-order valence-electron chi connectivity index (χ4n) is 3.07. The van der Waals surface area contributed by atoms with Crippen molar-refractivity contribution in [2.75, 3.05) is 16.8 Å². The first kappa shape index (κ1) is 18.6. The number of carbonyl (C=O) groups is 1. The lowest BCUT2D eigenvalue weighted by Crippen LogP contribution is -2.31. The number of nitrogens with one attached hydrogen (secondary N) is 1. The third-order valence-electron chi connectivity index (χ3n) is 4.42. The van der Waals surface area contributed by atoms with E-state index < -0.39 is 0 Å². The number of nitrogens with zero attached hydrogens (tertiary/aromatic N) is 3. The number of carbonyl (C=O) groups excluding carboxylic acids is 1. The van der Waals surface area contributed by atoms with Crippen molar-refractivity contribution in [3.05, 3.63) is 77.2 Å². The normalized spacial score (nSPS) is 10.5. The molecular formula is C22H24N4O. The molecule has 0 spiro atoms. The number of benzene rings is 2. The Morgan fingerprint density at radius 1 is 0.963 bits per heavy atom. The Morgan fingerprint density at radius 2 is 1.63 bits per heavy atom. The zero-order valence-electron chi connectivity index (χ0n) is 16.2. The second kappa shape index (κ2) is 7.99. The molecule has 0 fully saturated rings. The minimum atomic E-state index is -0.140. The second-order valence-electron chi connectivity index (χ2n) is 6.46. The predicted molar refractivity (Wildman–Crippen MR) is 110 cm³/mol. The first-order chi connectivity index (χ1) is 13.0. The van der Waals surface area contributed by atoms with Gasteiger partial charge in [0.25, 0.3) is 5.91 Å². The predicted octanol–water partition coefficient (Wildman–Crippen LogP) is 4.81. The molecule has 0 unspecified atom stereocenters. The molecule has 0 saturated carbocycles. The van der Waals surface area contributed by atoms with Crippen LogP contribution in [-0.4, -0.2) is 22.4 Å². The molecule has 3 aromatic rings. The van der Waals surface area contributed by atoms with Crippen LogP contribution in [-0.2, 0) is 0 Å². The number of aryl methyl sites for hydroxylation is 3. The number of aromatic nitrogens is 2. The van der Waals surface area contributed by atoms with Crippen LogP contribution in [0.4, 0.5) is 17.2 Å². The largest absolute Gasteiger partial charge is 0.340 e. The van der Waals surface area contributed by atoms with E-state index in [-0.39, 0.29) is 5.91 Å². The first-order valence-electron chi connectivity index (χ1n) is 9.05. The minimum Gasteiger partial charge on any atom is -0.340 e. The molecule has 0 aliphatic heterocycles. The van der Waals surface area contributed by atoms with E-state index in [9.17, 15) is 4.79 Å². The van der Waals surface area contributed by atoms with Gasteiger partial charge in [-0.05, 0) is 51.0 Å². The van der Waals surface area contributed by atoms with E-state index in [0.717, 1.165) is 22.5 Å². The quantitative estimate of drug-likeness (QED) is 0.709. The Hall–Kier alpha value is -3.21. The van der Waals surface area contributed by atoms with Crippen molar-refractivity contribution < 1.29 is 4.79 Å². The maximum atomic E-state index is 13.1. The van der Waals surface area contributed by atoms with Crippen molar-refractivity contribution in [2.24, 2.45) is 0 Å². The summed E-state index contributed by atoms with van der Waals surface area (Å²) < 4.78 is 0. The monoisotopic (exact) mass is 360 g/mol. The molecule has 0 saturated heterocycles. The van der Waals surface area contributed by atoms with E-state index in [4.69, 9.17) is 0 Å². The third kappa shape index (κ3) is 4.14. The summed E-state index contributed by atoms with van der Waals surface area (Å²) in [5.74, 6) is 1.03. The number of amides is 1. The SMILES string of the molecule is CCN(C(=O)c1cc(Nc2c(C)cccc2C)nc(C)n1)c1ccccc1. The smallest absolute Gasteiger partial charge is 0.277 e. The summed E-state index contributed by atoms with van der Waals surface area (Å²) in [6.45, 7) is 8.40. The molecule has 3 rings (SSSR count). The van der Waals surface area contributed by atoms with Crippen molar-refractivity contribution in [2.45, 2.75) is 27.7 Å². The van der Waals surface area contributed by atoms with Crippen LogP contribution >= 0.6 is 0 Å². The van der Waals surface area contributed by atoms with Gasteiger partial charge < -0.3 is 10.2 Å². The van der Waals surface area contributed by atoms with Crippen LogP contribution in [0, 0.1) is 20.8 Å². The summed E-state index contributed by atoms with van der Waals surface area (Å²) in [7, 11) is 0. The van der Waals surface area contributed by atoms with Crippen LogP contribution in [0.15, 0.2) is 54.6 Å². The zero-order valence-corrected chi connectivity index (χ0v) is 16.2. The van der Waals surface area contributed by atoms with Gasteiger partial charge in [-0.15, -0.1) is 0 Å². The van der Waals surface area contributed by atoms with Gasteiger partial charge in [0, 0.05) is 24.0 Å². The summed E-state index contributed by atoms with van der Waals surface area (Å²) in [6, 6.07) is 17.4. The van der Waals surface area contributed by atoms with Gasteiger partial charge in [0.2, 0.25) is 0 Å². The van der Waals surface area contributed by atoms with E-state index in [1.165, 1.54) is 0 Å². The van der Waals surface area contributed by atoms with Gasteiger partial charge in [-0.2, -0.15) is 0 Å². The summed E-state index contributed by atoms with van der Waals surface area (Å²) >= 11 is 0. The highest BCUT2D eigenvalue weighted by Gasteiger charge is 2.19. The Bertz CT molecular complexity index is 934. The lowest BCUT2D eigenvalue weighted by molar-refractivity contribution is 0.0983. The molecule has 27 heavy (non-hydrogen) atoms. The van der Waals surface area contributed by atoms with Gasteiger partial charge >= 0.3 is 0 Å². The Balaban J connectivity index is 1.94. The molecule has 0 aliphatic rings. The van der Waals surface area contributed by atoms with E-state index in [1.807, 2.05) is 69.3 Å². The first-order valence-corrected chi connectivity index (χ1v) is 9.05. The van der Waals surface area contributed by atoms with Gasteiger partial charge in [0.05, 0.1) is 0 Å². The molecule has 138 valence electrons. The topological polar surface area (TPSA) is 58.1 Å². The van der Waals surface area contributed by atoms with Crippen LogP contribution in [0.5, 0.6) is 0 Å². The van der Waals surface area contributed by atoms with E-state index in [0.29, 0.717) is 23.9 Å². The average Bonchev–Trinajstić information content (AvgIpc) is 2.66. The van der Waals surface area contributed by atoms with E-state index in [2.05, 4.69) is 15.3 Å². The molecule has 1 amide bonds. The highest BCUT2D eigenvalue weighted by Crippen LogP contribution is 2.24. The summed E-state index contributed by atoms with van der Waals surface area (Å²) in [4.78, 5) is 23.6. The lowest BCUT2D eigenvalue weighted by atomic mass is 10.1. The Kier molecular flexibility index (Phi) is 5.50. The standard InChI is InChI=1S/C22H24N4O/c1-5-26(18-12-7-6-8-13-18)22(27)19-14-20(24-17(4)23-19)25-21-15(2)10-9-11-16(21)3/h6-14H,5H2,1-4H3,(H,23,24,25). The van der Waals surface area contributed by atoms with Crippen LogP contribution in [0.3, 0.4) is 0 Å². The van der Waals surface area contributed by atoms with Crippen molar-refractivity contribution in [3.63, 3.8) is 0 Å². The number of hydrogen-bond donors (Lipinski definition) is 1. The van der Waals surface area contributed by atoms with Crippen molar-refractivity contribution in [3.8, 4) is 0 Å². The molecule has 1 N–H and O–H groups in total. The second-order valence-corrected chi connectivity index (χ2v) is 6.46. The number of hydrogen-bond acceptors (Lipinski definition) is 4. The zero-order chi connectivity index (χ0) is 19.4. The molecule has 1 heterocycles. The van der Waals surface area contributed by atoms with Crippen LogP contribution < -0.4 is 10.2 Å². The Morgan fingerprint density at radius 3 is 2.26 bits per heavy atom. The average molecular weight is 360 g/mol. The van der Waals surface area contributed by atoms with Crippen molar-refractivity contribution in [1.29, 1.82) is 0 Å². The molecule has 0 bridgehead atoms. The molecule has 0 radical (unpaired) electrons. The molecule has 5 nitrogen and oxygen atoms in total. The highest BCUT2D eigenvalue weighted by atomic mass is 16.2. The van der Waals surface area contributed by atoms with Gasteiger partial charge in [-0.1, -0.05) is 36.4 Å². The molecule has 5 heteroatoms. The van der Waals surface area contributed by atoms with Crippen LogP contribution in [0.2, 0.25) is 0 Å². The minimum absolute atomic E-state index is 0.140. The van der Waals surface area contributed by atoms with E-state index in [1.54, 1.807) is 17.9 Å². The van der Waals surface area contributed by atoms with Crippen molar-refractivity contribution >= 4 is 23.1 Å². The fraction of sp³-hybridized carbons (Fsp3) is 0.227. The Labute approximate surface area is 160 Å². The number of rotatable bonds is 5. The maximum Gasteiger partial charge on any atom is 0.277 e. The summed E-state index contributed by atoms with van der Waals surface area (Å²) in [6.07, 6.45) is 0. The molecule has 0 aliphatic carbocycles. The van der Waals surface area contributed by atoms with E-state index >= 15 is 0 Å². The van der Waals surface area contributed by atoms with Crippen molar-refractivity contribution in [1.82, 2.24) is 9.97 Å². The maximum absolute atomic E-state index is 13.1. The number of anilines is 3. The van der Waals surface area contributed by atoms with Gasteiger partial charge in [-0.25, -0.2) is 9.97 Å². The highest BCUT2D eigenvalue weighted by molar-refractivity contribution is 6.05. The summed E-state index contributed by atoms with van der Waals surface area (Å²) in [5, 5.41) is 3.35. The van der Waals surface area contributed by atoms with Gasteiger partial charge in [-0.3, -0.25) is 4.79 Å². The van der Waals surface area contributed by atoms with Gasteiger partial charge in [0.15, 0.2) is 0 Å². The molecule has 2 aromatic carbocycles. The fourth-order valence-corrected chi connectivity index (χ4v) is 3.07. The number of para-hydroxylation sites is 2. The third-order valence-corrected chi connectivity index (χ3v) is 4.42. The van der Waals surface area contributed by atoms with Crippen LogP contribution in [0.1, 0.15) is 34.4 Å². The van der Waals surface area contributed by atoms with Crippen LogP contribution in [0.25, 0.3) is 0 Å². The lowest BCUT2D eigenvalue weighted by Gasteiger charge is -2.21. The molecule has 1 aromatic heterocycles.